The van der Waals surface area contributed by atoms with Gasteiger partial charge in [0.1, 0.15) is 0 Å². The Balaban J connectivity index is 2.19. The summed E-state index contributed by atoms with van der Waals surface area (Å²) < 4.78 is 1.57. The number of amides is 1. The lowest BCUT2D eigenvalue weighted by Gasteiger charge is -2.25. The number of carbonyl (C=O) groups excluding carboxylic acids is 1. The van der Waals surface area contributed by atoms with Gasteiger partial charge in [0.25, 0.3) is 5.91 Å². The van der Waals surface area contributed by atoms with Crippen molar-refractivity contribution in [1.82, 2.24) is 15.1 Å². The number of aryl methyl sites for hydroxylation is 1. The number of carboxylic acid groups (broad SMARTS) is 1. The number of aliphatic carboxylic acids is 1. The van der Waals surface area contributed by atoms with Gasteiger partial charge in [-0.05, 0) is 39.3 Å². The zero-order valence-electron chi connectivity index (χ0n) is 13.8. The van der Waals surface area contributed by atoms with Crippen molar-refractivity contribution < 1.29 is 14.7 Å². The summed E-state index contributed by atoms with van der Waals surface area (Å²) in [4.78, 5) is 23.2. The van der Waals surface area contributed by atoms with Crippen LogP contribution in [-0.2, 0) is 4.79 Å². The molecule has 1 aromatic heterocycles. The van der Waals surface area contributed by atoms with E-state index in [1.807, 2.05) is 18.2 Å². The van der Waals surface area contributed by atoms with Crippen LogP contribution in [0, 0.1) is 6.92 Å². The number of para-hydroxylation sites is 1. The largest absolute Gasteiger partial charge is 0.481 e. The van der Waals surface area contributed by atoms with E-state index in [4.69, 9.17) is 16.7 Å². The van der Waals surface area contributed by atoms with Crippen LogP contribution in [0.25, 0.3) is 5.69 Å². The number of nitrogens with one attached hydrogen (secondary N) is 1. The van der Waals surface area contributed by atoms with Crippen molar-refractivity contribution in [3.8, 4) is 5.69 Å². The average Bonchev–Trinajstić information content (AvgIpc) is 2.87. The number of halogens is 1. The van der Waals surface area contributed by atoms with Crippen LogP contribution in [0.5, 0.6) is 0 Å². The molecule has 7 heteroatoms. The topological polar surface area (TPSA) is 84.2 Å². The van der Waals surface area contributed by atoms with Gasteiger partial charge in [-0.1, -0.05) is 23.7 Å². The Morgan fingerprint density at radius 3 is 2.62 bits per heavy atom. The van der Waals surface area contributed by atoms with Crippen molar-refractivity contribution in [1.29, 1.82) is 0 Å². The Morgan fingerprint density at radius 2 is 2.00 bits per heavy atom. The molecule has 128 valence electrons. The number of carboxylic acids is 1. The summed E-state index contributed by atoms with van der Waals surface area (Å²) >= 11 is 6.16. The van der Waals surface area contributed by atoms with E-state index in [1.54, 1.807) is 37.7 Å². The lowest BCUT2D eigenvalue weighted by Crippen LogP contribution is -2.44. The molecule has 0 radical (unpaired) electrons. The molecule has 0 unspecified atom stereocenters. The van der Waals surface area contributed by atoms with Crippen LogP contribution in [0.3, 0.4) is 0 Å². The minimum Gasteiger partial charge on any atom is -0.481 e. The van der Waals surface area contributed by atoms with Crippen LogP contribution < -0.4 is 5.32 Å². The summed E-state index contributed by atoms with van der Waals surface area (Å²) in [5.41, 5.74) is 1.04. The molecule has 0 aliphatic rings. The molecule has 6 nitrogen and oxygen atoms in total. The quantitative estimate of drug-likeness (QED) is 0.838. The molecule has 1 heterocycles. The lowest BCUT2D eigenvalue weighted by atomic mass is 9.98. The predicted molar refractivity (Wildman–Crippen MR) is 91.7 cm³/mol. The molecule has 0 aliphatic carbocycles. The average molecular weight is 350 g/mol. The summed E-state index contributed by atoms with van der Waals surface area (Å²) in [6, 6.07) is 7.23. The van der Waals surface area contributed by atoms with Gasteiger partial charge in [-0.25, -0.2) is 4.68 Å². The highest BCUT2D eigenvalue weighted by Crippen LogP contribution is 2.21. The van der Waals surface area contributed by atoms with E-state index >= 15 is 0 Å². The molecule has 2 rings (SSSR count). The Labute approximate surface area is 145 Å². The van der Waals surface area contributed by atoms with Gasteiger partial charge < -0.3 is 10.4 Å². The predicted octanol–water partition coefficient (Wildman–Crippen LogP) is 3.21. The smallest absolute Gasteiger partial charge is 0.303 e. The Hall–Kier alpha value is -2.34. The fourth-order valence-electron chi connectivity index (χ4n) is 2.29. The van der Waals surface area contributed by atoms with Crippen LogP contribution in [0.1, 0.15) is 42.7 Å². The number of aromatic nitrogens is 2. The number of nitrogens with zero attached hydrogens (tertiary/aromatic N) is 2. The zero-order chi connectivity index (χ0) is 17.9. The Kier molecular flexibility index (Phi) is 5.29. The van der Waals surface area contributed by atoms with Gasteiger partial charge in [-0.3, -0.25) is 9.59 Å². The third-order valence-electron chi connectivity index (χ3n) is 3.63. The SMILES string of the molecule is Cc1cn(-c2ccccc2Cl)nc1C(=O)NC(C)(C)CCC(=O)O. The maximum Gasteiger partial charge on any atom is 0.303 e. The first-order chi connectivity index (χ1) is 11.2. The minimum atomic E-state index is -0.892. The third-order valence-corrected chi connectivity index (χ3v) is 3.95. The first kappa shape index (κ1) is 18.0. The van der Waals surface area contributed by atoms with E-state index in [0.717, 1.165) is 0 Å². The molecule has 1 amide bonds. The van der Waals surface area contributed by atoms with E-state index in [2.05, 4.69) is 10.4 Å². The highest BCUT2D eigenvalue weighted by atomic mass is 35.5. The molecule has 0 bridgehead atoms. The summed E-state index contributed by atoms with van der Waals surface area (Å²) in [7, 11) is 0. The Bertz CT molecular complexity index is 768. The fraction of sp³-hybridized carbons (Fsp3) is 0.353. The molecule has 24 heavy (non-hydrogen) atoms. The highest BCUT2D eigenvalue weighted by molar-refractivity contribution is 6.32. The normalized spacial score (nSPS) is 11.3. The molecule has 0 fully saturated rings. The molecule has 0 saturated carbocycles. The van der Waals surface area contributed by atoms with Crippen molar-refractivity contribution in [2.24, 2.45) is 0 Å². The lowest BCUT2D eigenvalue weighted by molar-refractivity contribution is -0.137. The molecule has 0 spiro atoms. The van der Waals surface area contributed by atoms with Crippen molar-refractivity contribution in [3.63, 3.8) is 0 Å². The number of rotatable bonds is 6. The maximum absolute atomic E-state index is 12.5. The standard InChI is InChI=1S/C17H20ClN3O3/c1-11-10-21(13-7-5-4-6-12(13)18)20-15(11)16(24)19-17(2,3)9-8-14(22)23/h4-7,10H,8-9H2,1-3H3,(H,19,24)(H,22,23). The second-order valence-electron chi connectivity index (χ2n) is 6.29. The number of carbonyl (C=O) groups is 2. The van der Waals surface area contributed by atoms with Crippen LogP contribution >= 0.6 is 11.6 Å². The fourth-order valence-corrected chi connectivity index (χ4v) is 2.52. The maximum atomic E-state index is 12.5. The van der Waals surface area contributed by atoms with Gasteiger partial charge in [0.15, 0.2) is 5.69 Å². The van der Waals surface area contributed by atoms with E-state index < -0.39 is 11.5 Å². The second kappa shape index (κ2) is 7.05. The molecule has 2 N–H and O–H groups in total. The molecular formula is C17H20ClN3O3. The van der Waals surface area contributed by atoms with Crippen molar-refractivity contribution in [3.05, 3.63) is 46.7 Å². The summed E-state index contributed by atoms with van der Waals surface area (Å²) in [6.45, 7) is 5.36. The first-order valence-electron chi connectivity index (χ1n) is 7.55. The van der Waals surface area contributed by atoms with Crippen molar-refractivity contribution in [2.75, 3.05) is 0 Å². The van der Waals surface area contributed by atoms with Crippen LogP contribution in [0.15, 0.2) is 30.5 Å². The Morgan fingerprint density at radius 1 is 1.33 bits per heavy atom. The highest BCUT2D eigenvalue weighted by Gasteiger charge is 2.24. The van der Waals surface area contributed by atoms with Crippen LogP contribution in [0.2, 0.25) is 5.02 Å². The third kappa shape index (κ3) is 4.35. The summed E-state index contributed by atoms with van der Waals surface area (Å²) in [6.07, 6.45) is 2.05. The number of hydrogen-bond donors (Lipinski definition) is 2. The van der Waals surface area contributed by atoms with Gasteiger partial charge in [-0.2, -0.15) is 5.10 Å². The molecule has 1 aromatic carbocycles. The van der Waals surface area contributed by atoms with Gasteiger partial charge in [-0.15, -0.1) is 0 Å². The second-order valence-corrected chi connectivity index (χ2v) is 6.70. The zero-order valence-corrected chi connectivity index (χ0v) is 14.6. The van der Waals surface area contributed by atoms with E-state index in [1.165, 1.54) is 0 Å². The molecular weight excluding hydrogens is 330 g/mol. The number of benzene rings is 1. The van der Waals surface area contributed by atoms with Crippen LogP contribution in [-0.4, -0.2) is 32.3 Å². The first-order valence-corrected chi connectivity index (χ1v) is 7.93. The van der Waals surface area contributed by atoms with Gasteiger partial charge >= 0.3 is 5.97 Å². The van der Waals surface area contributed by atoms with Crippen molar-refractivity contribution >= 4 is 23.5 Å². The number of hydrogen-bond acceptors (Lipinski definition) is 3. The van der Waals surface area contributed by atoms with Gasteiger partial charge in [0, 0.05) is 23.7 Å². The minimum absolute atomic E-state index is 0.0136. The van der Waals surface area contributed by atoms with E-state index in [0.29, 0.717) is 28.4 Å². The van der Waals surface area contributed by atoms with Gasteiger partial charge in [0.05, 0.1) is 10.7 Å². The van der Waals surface area contributed by atoms with Crippen LogP contribution in [0.4, 0.5) is 0 Å². The van der Waals surface area contributed by atoms with E-state index in [9.17, 15) is 9.59 Å². The monoisotopic (exact) mass is 349 g/mol. The van der Waals surface area contributed by atoms with Gasteiger partial charge in [0.2, 0.25) is 0 Å². The molecule has 2 aromatic rings. The molecule has 0 aliphatic heterocycles. The summed E-state index contributed by atoms with van der Waals surface area (Å²) in [5, 5.41) is 16.5. The molecule has 0 saturated heterocycles. The summed E-state index contributed by atoms with van der Waals surface area (Å²) in [5.74, 6) is -1.23. The van der Waals surface area contributed by atoms with Crippen molar-refractivity contribution in [2.45, 2.75) is 39.2 Å². The van der Waals surface area contributed by atoms with E-state index in [-0.39, 0.29) is 12.3 Å². The molecule has 0 atom stereocenters.